The van der Waals surface area contributed by atoms with Gasteiger partial charge < -0.3 is 10.6 Å². The van der Waals surface area contributed by atoms with Gasteiger partial charge in [-0.05, 0) is 19.4 Å². The number of hydrogen-bond acceptors (Lipinski definition) is 4. The Balaban J connectivity index is 3.01. The Morgan fingerprint density at radius 2 is 2.00 bits per heavy atom. The second-order valence-corrected chi connectivity index (χ2v) is 4.04. The van der Waals surface area contributed by atoms with Gasteiger partial charge in [-0.1, -0.05) is 6.92 Å². The van der Waals surface area contributed by atoms with E-state index in [1.165, 1.54) is 0 Å². The first-order valence-corrected chi connectivity index (χ1v) is 5.72. The van der Waals surface area contributed by atoms with Crippen LogP contribution < -0.4 is 10.6 Å². The summed E-state index contributed by atoms with van der Waals surface area (Å²) in [5, 5.41) is 0. The van der Waals surface area contributed by atoms with Crippen molar-refractivity contribution < 1.29 is 13.2 Å². The highest BCUT2D eigenvalue weighted by Crippen LogP contribution is 2.20. The van der Waals surface area contributed by atoms with E-state index >= 15 is 0 Å². The Hall–Kier alpha value is -1.37. The van der Waals surface area contributed by atoms with Crippen LogP contribution in [0.25, 0.3) is 0 Å². The van der Waals surface area contributed by atoms with Crippen LogP contribution in [0.2, 0.25) is 0 Å². The summed E-state index contributed by atoms with van der Waals surface area (Å²) in [5.41, 5.74) is 6.61. The monoisotopic (exact) mass is 262 g/mol. The second-order valence-electron chi connectivity index (χ2n) is 4.04. The zero-order chi connectivity index (χ0) is 13.8. The van der Waals surface area contributed by atoms with E-state index in [0.717, 1.165) is 4.90 Å². The van der Waals surface area contributed by atoms with Crippen molar-refractivity contribution in [3.05, 3.63) is 17.5 Å². The van der Waals surface area contributed by atoms with Crippen molar-refractivity contribution >= 4 is 5.95 Å². The molecule has 4 nitrogen and oxygen atoms in total. The number of alkyl halides is 3. The maximum atomic E-state index is 12.5. The molecule has 0 aliphatic rings. The Labute approximate surface area is 104 Å². The quantitative estimate of drug-likeness (QED) is 0.882. The average Bonchev–Trinajstić information content (AvgIpc) is 2.26. The van der Waals surface area contributed by atoms with E-state index in [4.69, 9.17) is 5.73 Å². The highest BCUT2D eigenvalue weighted by atomic mass is 19.4. The Morgan fingerprint density at radius 3 is 2.50 bits per heavy atom. The number of rotatable bonds is 5. The fourth-order valence-electron chi connectivity index (χ4n) is 1.60. The Morgan fingerprint density at radius 1 is 1.33 bits per heavy atom. The summed E-state index contributed by atoms with van der Waals surface area (Å²) in [4.78, 5) is 9.22. The fourth-order valence-corrected chi connectivity index (χ4v) is 1.60. The number of hydrogen-bond donors (Lipinski definition) is 1. The minimum absolute atomic E-state index is 0.0922. The average molecular weight is 262 g/mol. The van der Waals surface area contributed by atoms with Crippen LogP contribution in [0.5, 0.6) is 0 Å². The summed E-state index contributed by atoms with van der Waals surface area (Å²) in [6, 6.07) is 1.67. The van der Waals surface area contributed by atoms with Crippen LogP contribution in [0.15, 0.2) is 6.07 Å². The molecule has 0 radical (unpaired) electrons. The second kappa shape index (κ2) is 5.99. The maximum Gasteiger partial charge on any atom is 0.406 e. The molecule has 1 rings (SSSR count). The minimum atomic E-state index is -4.27. The zero-order valence-electron chi connectivity index (χ0n) is 10.5. The SMILES string of the molecule is CCCN(CC(F)(F)F)c1nc(C)cc(CN)n1. The molecule has 7 heteroatoms. The molecule has 0 spiro atoms. The molecule has 0 saturated carbocycles. The predicted molar refractivity (Wildman–Crippen MR) is 63.2 cm³/mol. The zero-order valence-corrected chi connectivity index (χ0v) is 10.5. The summed E-state index contributed by atoms with van der Waals surface area (Å²) in [6.45, 7) is 2.91. The van der Waals surface area contributed by atoms with E-state index in [2.05, 4.69) is 9.97 Å². The third-order valence-electron chi connectivity index (χ3n) is 2.25. The fraction of sp³-hybridized carbons (Fsp3) is 0.636. The van der Waals surface area contributed by atoms with Crippen LogP contribution in [0.1, 0.15) is 24.7 Å². The minimum Gasteiger partial charge on any atom is -0.332 e. The molecule has 102 valence electrons. The molecule has 18 heavy (non-hydrogen) atoms. The first kappa shape index (κ1) is 14.7. The van der Waals surface area contributed by atoms with Crippen LogP contribution in [0.4, 0.5) is 19.1 Å². The van der Waals surface area contributed by atoms with Crippen LogP contribution in [0.3, 0.4) is 0 Å². The van der Waals surface area contributed by atoms with E-state index in [1.807, 2.05) is 6.92 Å². The molecule has 1 aromatic heterocycles. The Bertz CT molecular complexity index is 392. The van der Waals surface area contributed by atoms with E-state index in [1.54, 1.807) is 13.0 Å². The molecule has 2 N–H and O–H groups in total. The first-order chi connectivity index (χ1) is 8.35. The summed E-state index contributed by atoms with van der Waals surface area (Å²) >= 11 is 0. The lowest BCUT2D eigenvalue weighted by Crippen LogP contribution is -2.36. The first-order valence-electron chi connectivity index (χ1n) is 5.72. The molecule has 0 fully saturated rings. The number of anilines is 1. The van der Waals surface area contributed by atoms with E-state index in [0.29, 0.717) is 17.8 Å². The van der Waals surface area contributed by atoms with Gasteiger partial charge in [0.25, 0.3) is 0 Å². The lowest BCUT2D eigenvalue weighted by atomic mass is 10.3. The van der Waals surface area contributed by atoms with Crippen molar-refractivity contribution in [2.75, 3.05) is 18.0 Å². The third kappa shape index (κ3) is 4.48. The van der Waals surface area contributed by atoms with Crippen molar-refractivity contribution in [2.45, 2.75) is 33.0 Å². The van der Waals surface area contributed by atoms with Gasteiger partial charge in [-0.2, -0.15) is 13.2 Å². The van der Waals surface area contributed by atoms with Gasteiger partial charge in [-0.25, -0.2) is 9.97 Å². The van der Waals surface area contributed by atoms with Crippen molar-refractivity contribution in [1.29, 1.82) is 0 Å². The molecule has 0 saturated heterocycles. The summed E-state index contributed by atoms with van der Waals surface area (Å²) < 4.78 is 37.4. The van der Waals surface area contributed by atoms with Crippen LogP contribution >= 0.6 is 0 Å². The molecule has 0 aromatic carbocycles. The molecule has 0 aliphatic heterocycles. The molecule has 0 amide bonds. The molecular weight excluding hydrogens is 245 g/mol. The Kier molecular flexibility index (Phi) is 4.89. The van der Waals surface area contributed by atoms with Crippen LogP contribution in [-0.2, 0) is 6.54 Å². The third-order valence-corrected chi connectivity index (χ3v) is 2.25. The predicted octanol–water partition coefficient (Wildman–Crippen LogP) is 2.02. The smallest absolute Gasteiger partial charge is 0.332 e. The van der Waals surface area contributed by atoms with Gasteiger partial charge in [0.05, 0.1) is 5.69 Å². The number of aryl methyl sites for hydroxylation is 1. The van der Waals surface area contributed by atoms with Gasteiger partial charge in [0.2, 0.25) is 5.95 Å². The normalized spacial score (nSPS) is 11.7. The molecule has 0 unspecified atom stereocenters. The summed E-state index contributed by atoms with van der Waals surface area (Å²) in [6.07, 6.45) is -3.68. The number of halogens is 3. The number of aromatic nitrogens is 2. The van der Waals surface area contributed by atoms with Gasteiger partial charge in [0.1, 0.15) is 6.54 Å². The lowest BCUT2D eigenvalue weighted by Gasteiger charge is -2.23. The standard InChI is InChI=1S/C11H17F3N4/c1-3-4-18(7-11(12,13)14)10-16-8(2)5-9(6-15)17-10/h5H,3-4,6-7,15H2,1-2H3. The molecule has 0 aliphatic carbocycles. The van der Waals surface area contributed by atoms with Crippen molar-refractivity contribution in [1.82, 2.24) is 9.97 Å². The molecule has 0 atom stereocenters. The van der Waals surface area contributed by atoms with E-state index in [-0.39, 0.29) is 19.0 Å². The lowest BCUT2D eigenvalue weighted by molar-refractivity contribution is -0.119. The summed E-state index contributed by atoms with van der Waals surface area (Å²) in [7, 11) is 0. The molecule has 0 bridgehead atoms. The number of nitrogens with zero attached hydrogens (tertiary/aromatic N) is 3. The molecule has 1 heterocycles. The number of nitrogens with two attached hydrogens (primary N) is 1. The van der Waals surface area contributed by atoms with Gasteiger partial charge in [0, 0.05) is 18.8 Å². The maximum absolute atomic E-state index is 12.5. The van der Waals surface area contributed by atoms with E-state index in [9.17, 15) is 13.2 Å². The van der Waals surface area contributed by atoms with Gasteiger partial charge in [-0.15, -0.1) is 0 Å². The van der Waals surface area contributed by atoms with Crippen molar-refractivity contribution in [2.24, 2.45) is 5.73 Å². The van der Waals surface area contributed by atoms with Gasteiger partial charge in [-0.3, -0.25) is 0 Å². The van der Waals surface area contributed by atoms with Gasteiger partial charge in [0.15, 0.2) is 0 Å². The van der Waals surface area contributed by atoms with Crippen molar-refractivity contribution in [3.63, 3.8) is 0 Å². The van der Waals surface area contributed by atoms with Crippen LogP contribution in [-0.4, -0.2) is 29.2 Å². The molecular formula is C11H17F3N4. The summed E-state index contributed by atoms with van der Waals surface area (Å²) in [5.74, 6) is 0.0922. The largest absolute Gasteiger partial charge is 0.406 e. The van der Waals surface area contributed by atoms with Crippen LogP contribution in [0, 0.1) is 6.92 Å². The van der Waals surface area contributed by atoms with Crippen molar-refractivity contribution in [3.8, 4) is 0 Å². The molecule has 1 aromatic rings. The highest BCUT2D eigenvalue weighted by Gasteiger charge is 2.31. The van der Waals surface area contributed by atoms with Gasteiger partial charge >= 0.3 is 6.18 Å². The van der Waals surface area contributed by atoms with E-state index < -0.39 is 12.7 Å². The highest BCUT2D eigenvalue weighted by molar-refractivity contribution is 5.32. The topological polar surface area (TPSA) is 55.0 Å².